The van der Waals surface area contributed by atoms with Crippen LogP contribution in [0.25, 0.3) is 0 Å². The number of hydrogen-bond donors (Lipinski definition) is 1. The van der Waals surface area contributed by atoms with Gasteiger partial charge in [-0.15, -0.1) is 0 Å². The van der Waals surface area contributed by atoms with E-state index in [9.17, 15) is 13.2 Å². The Morgan fingerprint density at radius 1 is 1.22 bits per heavy atom. The number of hydrogen-bond acceptors (Lipinski definition) is 4. The molecular weight excluding hydrogens is 254 g/mol. The molecule has 1 aromatic carbocycles. The molecule has 0 heterocycles. The smallest absolute Gasteiger partial charge is 0.420 e. The van der Waals surface area contributed by atoms with Crippen molar-refractivity contribution < 1.29 is 17.9 Å². The second-order valence-corrected chi connectivity index (χ2v) is 5.92. The molecule has 1 N–H and O–H groups in total. The highest BCUT2D eigenvalue weighted by Gasteiger charge is 2.20. The average Bonchev–Trinajstić information content (AvgIpc) is 2.37. The number of carbonyl (C=O) groups excluding carboxylic acids is 1. The second-order valence-electron chi connectivity index (χ2n) is 4.23. The second kappa shape index (κ2) is 4.97. The van der Waals surface area contributed by atoms with Gasteiger partial charge in [-0.3, -0.25) is 0 Å². The first kappa shape index (κ1) is 12.9. The standard InChI is InChI=1S/C12H15NO4S/c1-17-12(14)13-18(15,16)11-7-6-9-4-2-3-5-10(9)8-11/h6-8H,2-5H2,1H3,(H,13,14). The molecule has 0 fully saturated rings. The number of benzene rings is 1. The van der Waals surface area contributed by atoms with E-state index in [0.717, 1.165) is 38.4 Å². The molecule has 18 heavy (non-hydrogen) atoms. The van der Waals surface area contributed by atoms with E-state index in [0.29, 0.717) is 0 Å². The van der Waals surface area contributed by atoms with E-state index in [1.54, 1.807) is 6.07 Å². The van der Waals surface area contributed by atoms with Gasteiger partial charge in [-0.05, 0) is 48.9 Å². The Morgan fingerprint density at radius 2 is 1.89 bits per heavy atom. The molecule has 1 aliphatic carbocycles. The summed E-state index contributed by atoms with van der Waals surface area (Å²) >= 11 is 0. The van der Waals surface area contributed by atoms with Crippen LogP contribution in [0.3, 0.4) is 0 Å². The number of aryl methyl sites for hydroxylation is 2. The van der Waals surface area contributed by atoms with E-state index in [1.807, 2.05) is 10.8 Å². The van der Waals surface area contributed by atoms with Gasteiger partial charge in [0.05, 0.1) is 12.0 Å². The van der Waals surface area contributed by atoms with Crippen LogP contribution < -0.4 is 4.72 Å². The van der Waals surface area contributed by atoms with Crippen molar-refractivity contribution in [2.24, 2.45) is 0 Å². The Bertz CT molecular complexity index is 565. The summed E-state index contributed by atoms with van der Waals surface area (Å²) < 4.78 is 29.9. The number of amides is 1. The Balaban J connectivity index is 2.31. The van der Waals surface area contributed by atoms with Gasteiger partial charge in [0, 0.05) is 0 Å². The van der Waals surface area contributed by atoms with Gasteiger partial charge in [-0.2, -0.15) is 0 Å². The fraction of sp³-hybridized carbons (Fsp3) is 0.417. The third-order valence-electron chi connectivity index (χ3n) is 3.03. The minimum absolute atomic E-state index is 0.105. The maximum Gasteiger partial charge on any atom is 0.420 e. The predicted molar refractivity (Wildman–Crippen MR) is 65.8 cm³/mol. The van der Waals surface area contributed by atoms with Crippen molar-refractivity contribution >= 4 is 16.1 Å². The zero-order valence-corrected chi connectivity index (χ0v) is 10.9. The van der Waals surface area contributed by atoms with Crippen molar-refractivity contribution in [3.05, 3.63) is 29.3 Å². The molecule has 0 spiro atoms. The molecule has 1 aliphatic rings. The summed E-state index contributed by atoms with van der Waals surface area (Å²) in [5.74, 6) is 0. The van der Waals surface area contributed by atoms with Crippen LogP contribution in [0.5, 0.6) is 0 Å². The Morgan fingerprint density at radius 3 is 2.56 bits per heavy atom. The fourth-order valence-electron chi connectivity index (χ4n) is 2.09. The number of carbonyl (C=O) groups is 1. The lowest BCUT2D eigenvalue weighted by Crippen LogP contribution is -2.30. The van der Waals surface area contributed by atoms with Crippen LogP contribution in [-0.4, -0.2) is 21.6 Å². The van der Waals surface area contributed by atoms with Gasteiger partial charge in [0.25, 0.3) is 10.0 Å². The summed E-state index contributed by atoms with van der Waals surface area (Å²) in [6, 6.07) is 4.98. The molecule has 98 valence electrons. The molecule has 0 bridgehead atoms. The minimum atomic E-state index is -3.83. The van der Waals surface area contributed by atoms with Crippen molar-refractivity contribution in [1.29, 1.82) is 0 Å². The summed E-state index contributed by atoms with van der Waals surface area (Å²) in [5, 5.41) is 0. The molecule has 5 nitrogen and oxygen atoms in total. The maximum absolute atomic E-state index is 11.9. The number of methoxy groups -OCH3 is 1. The van der Waals surface area contributed by atoms with E-state index in [1.165, 1.54) is 11.6 Å². The Hall–Kier alpha value is -1.56. The molecule has 6 heteroatoms. The molecule has 0 unspecified atom stereocenters. The normalized spacial score (nSPS) is 14.7. The van der Waals surface area contributed by atoms with Crippen LogP contribution in [-0.2, 0) is 27.6 Å². The first-order valence-corrected chi connectivity index (χ1v) is 7.24. The number of rotatable bonds is 2. The van der Waals surface area contributed by atoms with Crippen LogP contribution in [0.1, 0.15) is 24.0 Å². The van der Waals surface area contributed by atoms with Crippen LogP contribution in [0.2, 0.25) is 0 Å². The highest BCUT2D eigenvalue weighted by atomic mass is 32.2. The Labute approximate surface area is 106 Å². The molecule has 1 amide bonds. The monoisotopic (exact) mass is 269 g/mol. The quantitative estimate of drug-likeness (QED) is 0.885. The summed E-state index contributed by atoms with van der Waals surface area (Å²) in [5.41, 5.74) is 2.24. The third kappa shape index (κ3) is 2.64. The van der Waals surface area contributed by atoms with Gasteiger partial charge in [0.1, 0.15) is 0 Å². The van der Waals surface area contributed by atoms with Gasteiger partial charge in [0.2, 0.25) is 0 Å². The highest BCUT2D eigenvalue weighted by molar-refractivity contribution is 7.90. The lowest BCUT2D eigenvalue weighted by Gasteiger charge is -2.16. The summed E-state index contributed by atoms with van der Waals surface area (Å²) in [7, 11) is -2.71. The van der Waals surface area contributed by atoms with Crippen molar-refractivity contribution in [2.75, 3.05) is 7.11 Å². The van der Waals surface area contributed by atoms with Crippen LogP contribution >= 0.6 is 0 Å². The van der Waals surface area contributed by atoms with Gasteiger partial charge in [0.15, 0.2) is 0 Å². The average molecular weight is 269 g/mol. The van der Waals surface area contributed by atoms with Crippen LogP contribution in [0.4, 0.5) is 4.79 Å². The third-order valence-corrected chi connectivity index (χ3v) is 4.34. The fourth-order valence-corrected chi connectivity index (χ4v) is 3.05. The lowest BCUT2D eigenvalue weighted by atomic mass is 9.92. The van der Waals surface area contributed by atoms with Crippen molar-refractivity contribution in [1.82, 2.24) is 4.72 Å². The van der Waals surface area contributed by atoms with Crippen LogP contribution in [0, 0.1) is 0 Å². The molecule has 0 atom stereocenters. The van der Waals surface area contributed by atoms with Crippen molar-refractivity contribution in [3.8, 4) is 0 Å². The number of ether oxygens (including phenoxy) is 1. The molecule has 0 radical (unpaired) electrons. The molecule has 0 aliphatic heterocycles. The van der Waals surface area contributed by atoms with Crippen LogP contribution in [0.15, 0.2) is 23.1 Å². The number of fused-ring (bicyclic) bond motifs is 1. The number of sulfonamides is 1. The van der Waals surface area contributed by atoms with Crippen molar-refractivity contribution in [3.63, 3.8) is 0 Å². The summed E-state index contributed by atoms with van der Waals surface area (Å²) in [6.07, 6.45) is 3.10. The largest absolute Gasteiger partial charge is 0.452 e. The lowest BCUT2D eigenvalue weighted by molar-refractivity contribution is 0.177. The summed E-state index contributed by atoms with van der Waals surface area (Å²) in [6.45, 7) is 0. The van der Waals surface area contributed by atoms with E-state index >= 15 is 0 Å². The van der Waals surface area contributed by atoms with E-state index in [2.05, 4.69) is 4.74 Å². The van der Waals surface area contributed by atoms with Gasteiger partial charge >= 0.3 is 6.09 Å². The highest BCUT2D eigenvalue weighted by Crippen LogP contribution is 2.23. The van der Waals surface area contributed by atoms with Gasteiger partial charge in [-0.25, -0.2) is 17.9 Å². The number of nitrogens with one attached hydrogen (secondary N) is 1. The summed E-state index contributed by atoms with van der Waals surface area (Å²) in [4.78, 5) is 11.1. The molecule has 0 saturated heterocycles. The van der Waals surface area contributed by atoms with Crippen molar-refractivity contribution in [2.45, 2.75) is 30.6 Å². The molecule has 0 aromatic heterocycles. The topological polar surface area (TPSA) is 72.5 Å². The van der Waals surface area contributed by atoms with Gasteiger partial charge < -0.3 is 4.74 Å². The first-order valence-electron chi connectivity index (χ1n) is 5.75. The minimum Gasteiger partial charge on any atom is -0.452 e. The van der Waals surface area contributed by atoms with E-state index < -0.39 is 16.1 Å². The molecule has 2 rings (SSSR count). The Kier molecular flexibility index (Phi) is 3.56. The van der Waals surface area contributed by atoms with E-state index in [-0.39, 0.29) is 4.90 Å². The van der Waals surface area contributed by atoms with Gasteiger partial charge in [-0.1, -0.05) is 6.07 Å². The maximum atomic E-state index is 11.9. The zero-order chi connectivity index (χ0) is 13.2. The SMILES string of the molecule is COC(=O)NS(=O)(=O)c1ccc2c(c1)CCCC2. The predicted octanol–water partition coefficient (Wildman–Crippen LogP) is 1.61. The first-order chi connectivity index (χ1) is 8.53. The zero-order valence-electron chi connectivity index (χ0n) is 10.1. The molecule has 1 aromatic rings. The molecular formula is C12H15NO4S. The molecule has 0 saturated carbocycles. The van der Waals surface area contributed by atoms with E-state index in [4.69, 9.17) is 0 Å².